The van der Waals surface area contributed by atoms with Gasteiger partial charge in [-0.1, -0.05) is 19.3 Å². The Bertz CT molecular complexity index is 663. The summed E-state index contributed by atoms with van der Waals surface area (Å²) >= 11 is 0. The molecular weight excluding hydrogens is 483 g/mol. The normalized spacial score (nSPS) is 14.6. The highest BCUT2D eigenvalue weighted by Gasteiger charge is 2.16. The average Bonchev–Trinajstić information content (AvgIpc) is 2.72. The van der Waals surface area contributed by atoms with Crippen LogP contribution in [0, 0.1) is 0 Å². The maximum atomic E-state index is 12.2. The van der Waals surface area contributed by atoms with E-state index in [1.165, 1.54) is 19.3 Å². The van der Waals surface area contributed by atoms with E-state index in [4.69, 9.17) is 9.47 Å². The number of ether oxygens (including phenoxy) is 2. The number of nitrogens with zero attached hydrogens (tertiary/aromatic N) is 2. The molecule has 2 rings (SSSR count). The lowest BCUT2D eigenvalue weighted by atomic mass is 9.95. The topological polar surface area (TPSA) is 75.2 Å². The van der Waals surface area contributed by atoms with Crippen LogP contribution in [0.3, 0.4) is 0 Å². The van der Waals surface area contributed by atoms with E-state index in [9.17, 15) is 4.79 Å². The van der Waals surface area contributed by atoms with Crippen molar-refractivity contribution >= 4 is 35.8 Å². The molecule has 1 aromatic carbocycles. The summed E-state index contributed by atoms with van der Waals surface area (Å²) in [5, 5.41) is 6.41. The van der Waals surface area contributed by atoms with Crippen molar-refractivity contribution in [2.24, 2.45) is 4.99 Å². The van der Waals surface area contributed by atoms with Gasteiger partial charge in [0.1, 0.15) is 11.5 Å². The van der Waals surface area contributed by atoms with Crippen molar-refractivity contribution in [3.05, 3.63) is 23.8 Å². The van der Waals surface area contributed by atoms with Gasteiger partial charge in [0.25, 0.3) is 0 Å². The van der Waals surface area contributed by atoms with E-state index in [0.717, 1.165) is 35.9 Å². The van der Waals surface area contributed by atoms with E-state index in [-0.39, 0.29) is 29.9 Å². The number of aliphatic imine (C=N–C) groups is 1. The number of rotatable bonds is 8. The predicted octanol–water partition coefficient (Wildman–Crippen LogP) is 3.17. The Hall–Kier alpha value is -1.71. The summed E-state index contributed by atoms with van der Waals surface area (Å²) in [5.41, 5.74) is 1.03. The van der Waals surface area contributed by atoms with E-state index in [0.29, 0.717) is 25.6 Å². The quantitative estimate of drug-likeness (QED) is 0.314. The maximum absolute atomic E-state index is 12.2. The maximum Gasteiger partial charge on any atom is 0.221 e. The second kappa shape index (κ2) is 13.5. The molecule has 0 radical (unpaired) electrons. The summed E-state index contributed by atoms with van der Waals surface area (Å²) in [6, 6.07) is 6.12. The fourth-order valence-electron chi connectivity index (χ4n) is 3.53. The lowest BCUT2D eigenvalue weighted by molar-refractivity contribution is -0.121. The van der Waals surface area contributed by atoms with Gasteiger partial charge in [-0.15, -0.1) is 24.0 Å². The largest absolute Gasteiger partial charge is 0.497 e. The van der Waals surface area contributed by atoms with Crippen molar-refractivity contribution < 1.29 is 14.3 Å². The van der Waals surface area contributed by atoms with Crippen molar-refractivity contribution in [3.63, 3.8) is 0 Å². The number of amides is 1. The molecule has 1 aromatic rings. The van der Waals surface area contributed by atoms with Crippen LogP contribution in [0.5, 0.6) is 11.5 Å². The average molecular weight is 518 g/mol. The lowest BCUT2D eigenvalue weighted by Gasteiger charge is -2.24. The number of nitrogens with one attached hydrogen (secondary N) is 2. The van der Waals surface area contributed by atoms with Crippen molar-refractivity contribution in [1.82, 2.24) is 15.5 Å². The summed E-state index contributed by atoms with van der Waals surface area (Å²) < 4.78 is 10.7. The van der Waals surface area contributed by atoms with Crippen LogP contribution in [0.2, 0.25) is 0 Å². The first kappa shape index (κ1) is 25.3. The van der Waals surface area contributed by atoms with Crippen LogP contribution in [0.25, 0.3) is 0 Å². The molecule has 0 spiro atoms. The highest BCUT2D eigenvalue weighted by Crippen LogP contribution is 2.25. The van der Waals surface area contributed by atoms with Gasteiger partial charge in [-0.2, -0.15) is 0 Å². The van der Waals surface area contributed by atoms with Gasteiger partial charge < -0.3 is 25.0 Å². The SMILES string of the molecule is CN=C(NCCC(=O)NC1CCCCC1)N(C)Cc1ccc(OC)cc1OC.I. The van der Waals surface area contributed by atoms with Gasteiger partial charge in [0.15, 0.2) is 5.96 Å². The van der Waals surface area contributed by atoms with Crippen LogP contribution < -0.4 is 20.1 Å². The van der Waals surface area contributed by atoms with E-state index < -0.39 is 0 Å². The highest BCUT2D eigenvalue weighted by molar-refractivity contribution is 14.0. The lowest BCUT2D eigenvalue weighted by Crippen LogP contribution is -2.41. The smallest absolute Gasteiger partial charge is 0.221 e. The van der Waals surface area contributed by atoms with Gasteiger partial charge in [-0.05, 0) is 25.0 Å². The van der Waals surface area contributed by atoms with Crippen molar-refractivity contribution in [3.8, 4) is 11.5 Å². The minimum absolute atomic E-state index is 0. The molecule has 8 heteroatoms. The summed E-state index contributed by atoms with van der Waals surface area (Å²) in [5.74, 6) is 2.38. The molecule has 1 aliphatic carbocycles. The molecule has 2 N–H and O–H groups in total. The Morgan fingerprint density at radius 1 is 1.21 bits per heavy atom. The molecule has 1 amide bonds. The Balaban J connectivity index is 0.00000420. The molecule has 0 unspecified atom stereocenters. The zero-order valence-corrected chi connectivity index (χ0v) is 20.3. The zero-order valence-electron chi connectivity index (χ0n) is 18.0. The molecule has 0 saturated heterocycles. The Morgan fingerprint density at radius 3 is 2.55 bits per heavy atom. The zero-order chi connectivity index (χ0) is 20.4. The molecule has 0 atom stereocenters. The summed E-state index contributed by atoms with van der Waals surface area (Å²) in [4.78, 5) is 18.5. The molecule has 0 aromatic heterocycles. The Morgan fingerprint density at radius 2 is 1.93 bits per heavy atom. The van der Waals surface area contributed by atoms with Gasteiger partial charge in [0.2, 0.25) is 5.91 Å². The van der Waals surface area contributed by atoms with E-state index in [1.807, 2.05) is 30.1 Å². The second-order valence-corrected chi connectivity index (χ2v) is 7.16. The Labute approximate surface area is 191 Å². The number of carbonyl (C=O) groups is 1. The van der Waals surface area contributed by atoms with E-state index in [1.54, 1.807) is 21.3 Å². The standard InChI is InChI=1S/C21H34N4O3.HI/c1-22-21(23-13-12-20(26)24-17-8-6-5-7-9-17)25(2)15-16-10-11-18(27-3)14-19(16)28-4;/h10-11,14,17H,5-9,12-13,15H2,1-4H3,(H,22,23)(H,24,26);1H. The number of hydrogen-bond donors (Lipinski definition) is 2. The predicted molar refractivity (Wildman–Crippen MR) is 127 cm³/mol. The second-order valence-electron chi connectivity index (χ2n) is 7.16. The molecule has 0 bridgehead atoms. The molecule has 0 heterocycles. The van der Waals surface area contributed by atoms with Crippen LogP contribution in [-0.2, 0) is 11.3 Å². The van der Waals surface area contributed by atoms with Crippen LogP contribution in [0.4, 0.5) is 0 Å². The molecule has 1 saturated carbocycles. The molecule has 164 valence electrons. The number of methoxy groups -OCH3 is 2. The summed E-state index contributed by atoms with van der Waals surface area (Å²) in [6.45, 7) is 1.18. The van der Waals surface area contributed by atoms with Crippen LogP contribution in [0.15, 0.2) is 23.2 Å². The third-order valence-electron chi connectivity index (χ3n) is 5.08. The van der Waals surface area contributed by atoms with Gasteiger partial charge in [-0.3, -0.25) is 9.79 Å². The molecular formula is C21H35IN4O3. The number of halogens is 1. The first-order valence-electron chi connectivity index (χ1n) is 9.99. The van der Waals surface area contributed by atoms with Crippen LogP contribution in [0.1, 0.15) is 44.1 Å². The van der Waals surface area contributed by atoms with E-state index in [2.05, 4.69) is 15.6 Å². The molecule has 29 heavy (non-hydrogen) atoms. The van der Waals surface area contributed by atoms with Crippen LogP contribution in [-0.4, -0.2) is 57.7 Å². The van der Waals surface area contributed by atoms with Gasteiger partial charge in [0.05, 0.1) is 14.2 Å². The van der Waals surface area contributed by atoms with Crippen molar-refractivity contribution in [2.45, 2.75) is 51.1 Å². The summed E-state index contributed by atoms with van der Waals surface area (Å²) in [6.07, 6.45) is 6.37. The number of benzene rings is 1. The first-order valence-corrected chi connectivity index (χ1v) is 9.99. The first-order chi connectivity index (χ1) is 13.6. The minimum atomic E-state index is 0. The van der Waals surface area contributed by atoms with E-state index >= 15 is 0 Å². The number of guanidine groups is 1. The Kier molecular flexibility index (Phi) is 11.8. The van der Waals surface area contributed by atoms with Crippen molar-refractivity contribution in [1.29, 1.82) is 0 Å². The number of carbonyl (C=O) groups excluding carboxylic acids is 1. The van der Waals surface area contributed by atoms with Gasteiger partial charge in [0, 0.05) is 51.3 Å². The third kappa shape index (κ3) is 8.28. The van der Waals surface area contributed by atoms with Gasteiger partial charge >= 0.3 is 0 Å². The third-order valence-corrected chi connectivity index (χ3v) is 5.08. The fourth-order valence-corrected chi connectivity index (χ4v) is 3.53. The molecule has 1 aliphatic rings. The fraction of sp³-hybridized carbons (Fsp3) is 0.619. The molecule has 1 fully saturated rings. The number of hydrogen-bond acceptors (Lipinski definition) is 4. The monoisotopic (exact) mass is 518 g/mol. The van der Waals surface area contributed by atoms with Crippen molar-refractivity contribution in [2.75, 3.05) is 34.9 Å². The minimum Gasteiger partial charge on any atom is -0.497 e. The highest BCUT2D eigenvalue weighted by atomic mass is 127. The molecule has 7 nitrogen and oxygen atoms in total. The van der Waals surface area contributed by atoms with Crippen LogP contribution >= 0.6 is 24.0 Å². The summed E-state index contributed by atoms with van der Waals surface area (Å²) in [7, 11) is 6.99. The molecule has 0 aliphatic heterocycles. The van der Waals surface area contributed by atoms with Gasteiger partial charge in [-0.25, -0.2) is 0 Å².